The van der Waals surface area contributed by atoms with Gasteiger partial charge in [0, 0.05) is 6.54 Å². The average molecular weight is 431 g/mol. The van der Waals surface area contributed by atoms with Crippen molar-refractivity contribution >= 4 is 46.2 Å². The first kappa shape index (κ1) is 20.9. The Hall–Kier alpha value is -2.84. The summed E-state index contributed by atoms with van der Waals surface area (Å²) >= 11 is 7.40. The average Bonchev–Trinajstić information content (AvgIpc) is 2.69. The van der Waals surface area contributed by atoms with Crippen molar-refractivity contribution in [3.8, 4) is 5.69 Å². The number of para-hydroxylation sites is 2. The van der Waals surface area contributed by atoms with Crippen LogP contribution in [0.15, 0.2) is 58.5 Å². The van der Waals surface area contributed by atoms with Crippen molar-refractivity contribution in [1.29, 1.82) is 0 Å². The molecule has 0 bridgehead atoms. The molecule has 1 aromatic heterocycles. The third-order valence-electron chi connectivity index (χ3n) is 4.06. The van der Waals surface area contributed by atoms with Crippen LogP contribution in [-0.2, 0) is 4.79 Å². The second-order valence-electron chi connectivity index (χ2n) is 6.11. The maximum atomic E-state index is 13.2. The quantitative estimate of drug-likeness (QED) is 0.478. The van der Waals surface area contributed by atoms with Gasteiger partial charge in [-0.05, 0) is 38.1 Å². The number of rotatable bonds is 5. The van der Waals surface area contributed by atoms with Crippen molar-refractivity contribution in [2.45, 2.75) is 24.3 Å². The SMILES string of the molecule is CCNC(=O)NC(=O)C(C)Sc1nc2ccccc2c(=O)n1-c1ccccc1Cl. The topological polar surface area (TPSA) is 93.1 Å². The Morgan fingerprint density at radius 1 is 1.17 bits per heavy atom. The van der Waals surface area contributed by atoms with E-state index in [2.05, 4.69) is 15.6 Å². The van der Waals surface area contributed by atoms with E-state index in [9.17, 15) is 14.4 Å². The standard InChI is InChI=1S/C20H19ClN4O3S/c1-3-22-19(28)24-17(26)12(2)29-20-23-15-10-6-4-8-13(15)18(27)25(20)16-11-7-5-9-14(16)21/h4-12H,3H2,1-2H3,(H2,22,24,26,28). The minimum absolute atomic E-state index is 0.289. The zero-order valence-corrected chi connectivity index (χ0v) is 17.4. The van der Waals surface area contributed by atoms with Gasteiger partial charge >= 0.3 is 6.03 Å². The number of hydrogen-bond acceptors (Lipinski definition) is 5. The molecule has 0 aliphatic heterocycles. The molecular formula is C20H19ClN4O3S. The van der Waals surface area contributed by atoms with E-state index in [0.29, 0.717) is 33.3 Å². The Morgan fingerprint density at radius 2 is 1.86 bits per heavy atom. The molecular weight excluding hydrogens is 412 g/mol. The molecule has 0 aliphatic rings. The Labute approximate surface area is 176 Å². The molecule has 3 aromatic rings. The van der Waals surface area contributed by atoms with Crippen LogP contribution in [0.2, 0.25) is 5.02 Å². The number of fused-ring (bicyclic) bond motifs is 1. The minimum atomic E-state index is -0.681. The van der Waals surface area contributed by atoms with E-state index in [-0.39, 0.29) is 5.56 Å². The third-order valence-corrected chi connectivity index (χ3v) is 5.44. The summed E-state index contributed by atoms with van der Waals surface area (Å²) in [7, 11) is 0. The number of aromatic nitrogens is 2. The molecule has 2 aromatic carbocycles. The fourth-order valence-corrected chi connectivity index (χ4v) is 3.81. The number of thioether (sulfide) groups is 1. The summed E-state index contributed by atoms with van der Waals surface area (Å²) in [4.78, 5) is 41.8. The largest absolute Gasteiger partial charge is 0.338 e. The fourth-order valence-electron chi connectivity index (χ4n) is 2.67. The normalized spacial score (nSPS) is 11.8. The van der Waals surface area contributed by atoms with Crippen molar-refractivity contribution in [3.63, 3.8) is 0 Å². The molecule has 0 aliphatic carbocycles. The summed E-state index contributed by atoms with van der Waals surface area (Å²) < 4.78 is 1.39. The van der Waals surface area contributed by atoms with Crippen molar-refractivity contribution < 1.29 is 9.59 Å². The van der Waals surface area contributed by atoms with Gasteiger partial charge in [-0.3, -0.25) is 19.5 Å². The highest BCUT2D eigenvalue weighted by atomic mass is 35.5. The van der Waals surface area contributed by atoms with Crippen molar-refractivity contribution in [3.05, 3.63) is 63.9 Å². The molecule has 1 heterocycles. The van der Waals surface area contributed by atoms with Gasteiger partial charge in [-0.2, -0.15) is 0 Å². The monoisotopic (exact) mass is 430 g/mol. The predicted octanol–water partition coefficient (Wildman–Crippen LogP) is 3.37. The first-order valence-electron chi connectivity index (χ1n) is 8.94. The number of carbonyl (C=O) groups excluding carboxylic acids is 2. The van der Waals surface area contributed by atoms with E-state index in [1.54, 1.807) is 62.4 Å². The zero-order chi connectivity index (χ0) is 21.0. The van der Waals surface area contributed by atoms with Gasteiger partial charge in [-0.25, -0.2) is 9.78 Å². The van der Waals surface area contributed by atoms with E-state index in [0.717, 1.165) is 11.8 Å². The van der Waals surface area contributed by atoms with E-state index in [4.69, 9.17) is 11.6 Å². The maximum absolute atomic E-state index is 13.2. The molecule has 7 nitrogen and oxygen atoms in total. The summed E-state index contributed by atoms with van der Waals surface area (Å²) in [6.07, 6.45) is 0. The highest BCUT2D eigenvalue weighted by Gasteiger charge is 2.22. The number of amides is 3. The van der Waals surface area contributed by atoms with Crippen molar-refractivity contribution in [1.82, 2.24) is 20.2 Å². The van der Waals surface area contributed by atoms with E-state index in [1.807, 2.05) is 0 Å². The molecule has 3 amide bonds. The molecule has 0 fully saturated rings. The van der Waals surface area contributed by atoms with Gasteiger partial charge in [-0.15, -0.1) is 0 Å². The number of nitrogens with zero attached hydrogens (tertiary/aromatic N) is 2. The number of imide groups is 1. The molecule has 0 spiro atoms. The molecule has 29 heavy (non-hydrogen) atoms. The summed E-state index contributed by atoms with van der Waals surface area (Å²) in [6.45, 7) is 3.79. The Balaban J connectivity index is 2.06. The number of halogens is 1. The van der Waals surface area contributed by atoms with Gasteiger partial charge in [0.2, 0.25) is 5.91 Å². The first-order valence-corrected chi connectivity index (χ1v) is 10.2. The van der Waals surface area contributed by atoms with Crippen LogP contribution in [0, 0.1) is 0 Å². The summed E-state index contributed by atoms with van der Waals surface area (Å²) in [6, 6.07) is 13.3. The molecule has 1 atom stereocenters. The number of urea groups is 1. The van der Waals surface area contributed by atoms with Gasteiger partial charge in [0.1, 0.15) is 0 Å². The number of hydrogen-bond donors (Lipinski definition) is 2. The second-order valence-corrected chi connectivity index (χ2v) is 7.83. The number of benzene rings is 2. The molecule has 0 saturated carbocycles. The lowest BCUT2D eigenvalue weighted by Gasteiger charge is -2.17. The van der Waals surface area contributed by atoms with E-state index >= 15 is 0 Å². The fraction of sp³-hybridized carbons (Fsp3) is 0.200. The highest BCUT2D eigenvalue weighted by Crippen LogP contribution is 2.28. The van der Waals surface area contributed by atoms with E-state index < -0.39 is 17.2 Å². The zero-order valence-electron chi connectivity index (χ0n) is 15.8. The Kier molecular flexibility index (Phi) is 6.56. The molecule has 1 unspecified atom stereocenters. The summed E-state index contributed by atoms with van der Waals surface area (Å²) in [5, 5.41) is 5.23. The predicted molar refractivity (Wildman–Crippen MR) is 115 cm³/mol. The second kappa shape index (κ2) is 9.11. The number of carbonyl (C=O) groups is 2. The summed E-state index contributed by atoms with van der Waals surface area (Å²) in [5.41, 5.74) is 0.693. The maximum Gasteiger partial charge on any atom is 0.321 e. The third kappa shape index (κ3) is 4.60. The Morgan fingerprint density at radius 3 is 2.59 bits per heavy atom. The van der Waals surface area contributed by atoms with Crippen LogP contribution in [0.3, 0.4) is 0 Å². The minimum Gasteiger partial charge on any atom is -0.338 e. The molecule has 3 rings (SSSR count). The molecule has 9 heteroatoms. The molecule has 0 radical (unpaired) electrons. The smallest absolute Gasteiger partial charge is 0.321 e. The first-order chi connectivity index (χ1) is 13.9. The number of nitrogens with one attached hydrogen (secondary N) is 2. The van der Waals surface area contributed by atoms with E-state index in [1.165, 1.54) is 4.57 Å². The van der Waals surface area contributed by atoms with Crippen LogP contribution in [-0.4, -0.2) is 33.3 Å². The lowest BCUT2D eigenvalue weighted by molar-refractivity contribution is -0.119. The van der Waals surface area contributed by atoms with Gasteiger partial charge in [0.25, 0.3) is 5.56 Å². The van der Waals surface area contributed by atoms with Gasteiger partial charge < -0.3 is 5.32 Å². The van der Waals surface area contributed by atoms with Gasteiger partial charge in [-0.1, -0.05) is 47.6 Å². The Bertz CT molecular complexity index is 1130. The van der Waals surface area contributed by atoms with Crippen LogP contribution in [0.1, 0.15) is 13.8 Å². The lowest BCUT2D eigenvalue weighted by atomic mass is 10.2. The van der Waals surface area contributed by atoms with Crippen LogP contribution in [0.5, 0.6) is 0 Å². The van der Waals surface area contributed by atoms with Gasteiger partial charge in [0.05, 0.1) is 26.9 Å². The molecule has 0 saturated heterocycles. The van der Waals surface area contributed by atoms with Crippen LogP contribution < -0.4 is 16.2 Å². The van der Waals surface area contributed by atoms with Crippen LogP contribution in [0.25, 0.3) is 16.6 Å². The molecule has 2 N–H and O–H groups in total. The van der Waals surface area contributed by atoms with Crippen LogP contribution >= 0.6 is 23.4 Å². The summed E-state index contributed by atoms with van der Waals surface area (Å²) in [5.74, 6) is -0.492. The van der Waals surface area contributed by atoms with Gasteiger partial charge in [0.15, 0.2) is 5.16 Å². The molecule has 150 valence electrons. The van der Waals surface area contributed by atoms with Crippen molar-refractivity contribution in [2.24, 2.45) is 0 Å². The lowest BCUT2D eigenvalue weighted by Crippen LogP contribution is -2.42. The highest BCUT2D eigenvalue weighted by molar-refractivity contribution is 8.00. The van der Waals surface area contributed by atoms with Crippen molar-refractivity contribution in [2.75, 3.05) is 6.54 Å². The van der Waals surface area contributed by atoms with Crippen LogP contribution in [0.4, 0.5) is 4.79 Å².